The van der Waals surface area contributed by atoms with E-state index in [1.165, 1.54) is 0 Å². The predicted octanol–water partition coefficient (Wildman–Crippen LogP) is 4.39. The van der Waals surface area contributed by atoms with E-state index in [1.807, 2.05) is 0 Å². The number of hydrogen-bond donors (Lipinski definition) is 0. The predicted molar refractivity (Wildman–Crippen MR) is 49.4 cm³/mol. The maximum atomic E-state index is 12.8. The van der Waals surface area contributed by atoms with Crippen LogP contribution in [0.15, 0.2) is 13.4 Å². The van der Waals surface area contributed by atoms with Crippen LogP contribution in [0.5, 0.6) is 0 Å². The molecule has 12 heavy (non-hydrogen) atoms. The summed E-state index contributed by atoms with van der Waals surface area (Å²) < 4.78 is 37.3. The minimum Gasteiger partial charge on any atom is -0.204 e. The minimum absolute atomic E-state index is 0.400. The average molecular weight is 369 g/mol. The molecular formula is C6Br3F3. The molecule has 0 aliphatic carbocycles. The number of rotatable bonds is 0. The second-order valence-corrected chi connectivity index (χ2v) is 4.26. The molecule has 66 valence electrons. The van der Waals surface area contributed by atoms with Gasteiger partial charge in [0, 0.05) is 0 Å². The number of halogens is 6. The van der Waals surface area contributed by atoms with Crippen molar-refractivity contribution in [3.63, 3.8) is 0 Å². The Balaban J connectivity index is 3.60. The van der Waals surface area contributed by atoms with Crippen molar-refractivity contribution in [1.29, 1.82) is 0 Å². The van der Waals surface area contributed by atoms with Gasteiger partial charge in [-0.25, -0.2) is 13.2 Å². The normalized spacial score (nSPS) is 10.5. The van der Waals surface area contributed by atoms with Crippen LogP contribution < -0.4 is 0 Å². The maximum Gasteiger partial charge on any atom is 0.157 e. The Labute approximate surface area is 91.5 Å². The summed E-state index contributed by atoms with van der Waals surface area (Å²) in [6.07, 6.45) is 0. The topological polar surface area (TPSA) is 0 Å². The minimum atomic E-state index is -0.992. The van der Waals surface area contributed by atoms with E-state index in [9.17, 15) is 13.2 Å². The molecule has 0 radical (unpaired) electrons. The highest BCUT2D eigenvalue weighted by Crippen LogP contribution is 2.35. The molecule has 0 atom stereocenters. The van der Waals surface area contributed by atoms with Gasteiger partial charge in [-0.05, 0) is 47.8 Å². The summed E-state index contributed by atoms with van der Waals surface area (Å²) in [6, 6.07) is 0. The Bertz CT molecular complexity index is 232. The van der Waals surface area contributed by atoms with E-state index in [0.717, 1.165) is 0 Å². The quantitative estimate of drug-likeness (QED) is 0.470. The van der Waals surface area contributed by atoms with Gasteiger partial charge in [0.2, 0.25) is 0 Å². The Hall–Kier alpha value is 0.450. The Morgan fingerprint density at radius 1 is 0.583 bits per heavy atom. The molecule has 0 heterocycles. The number of benzene rings is 1. The fourth-order valence-electron chi connectivity index (χ4n) is 0.578. The highest BCUT2D eigenvalue weighted by Gasteiger charge is 2.20. The van der Waals surface area contributed by atoms with Gasteiger partial charge in [0.15, 0.2) is 17.5 Å². The third kappa shape index (κ3) is 1.56. The lowest BCUT2D eigenvalue weighted by Crippen LogP contribution is -1.93. The molecule has 0 aliphatic rings. The van der Waals surface area contributed by atoms with Crippen LogP contribution >= 0.6 is 47.8 Å². The van der Waals surface area contributed by atoms with E-state index in [0.29, 0.717) is 0 Å². The summed E-state index contributed by atoms with van der Waals surface area (Å²) >= 11 is 7.91. The largest absolute Gasteiger partial charge is 0.204 e. The van der Waals surface area contributed by atoms with E-state index in [4.69, 9.17) is 0 Å². The van der Waals surface area contributed by atoms with Gasteiger partial charge in [-0.3, -0.25) is 0 Å². The van der Waals surface area contributed by atoms with Crippen molar-refractivity contribution in [3.8, 4) is 0 Å². The van der Waals surface area contributed by atoms with Crippen LogP contribution in [0.25, 0.3) is 0 Å². The summed E-state index contributed by atoms with van der Waals surface area (Å²) in [5.74, 6) is -2.98. The third-order valence-corrected chi connectivity index (χ3v) is 3.24. The van der Waals surface area contributed by atoms with Gasteiger partial charge >= 0.3 is 0 Å². The van der Waals surface area contributed by atoms with Crippen molar-refractivity contribution in [2.45, 2.75) is 0 Å². The molecule has 0 unspecified atom stereocenters. The smallest absolute Gasteiger partial charge is 0.157 e. The van der Waals surface area contributed by atoms with Crippen molar-refractivity contribution in [2.24, 2.45) is 0 Å². The molecule has 0 spiro atoms. The average Bonchev–Trinajstić information content (AvgIpc) is 2.08. The summed E-state index contributed by atoms with van der Waals surface area (Å²) in [4.78, 5) is 0. The zero-order chi connectivity index (χ0) is 9.46. The molecule has 0 nitrogen and oxygen atoms in total. The SMILES string of the molecule is Fc1c(Br)c(F)c(Br)c(F)c1Br. The first-order chi connectivity index (χ1) is 5.46. The molecule has 0 bridgehead atoms. The first-order valence-corrected chi connectivity index (χ1v) is 5.01. The first kappa shape index (κ1) is 10.5. The van der Waals surface area contributed by atoms with Crippen molar-refractivity contribution >= 4 is 47.8 Å². The summed E-state index contributed by atoms with van der Waals surface area (Å²) in [5, 5.41) is 0. The van der Waals surface area contributed by atoms with E-state index < -0.39 is 30.9 Å². The molecule has 0 saturated carbocycles. The second-order valence-electron chi connectivity index (χ2n) is 1.88. The standard InChI is InChI=1S/C6Br3F3/c7-1-4(10)2(8)6(12)3(9)5(1)11. The lowest BCUT2D eigenvalue weighted by molar-refractivity contribution is 0.518. The summed E-state index contributed by atoms with van der Waals surface area (Å²) in [7, 11) is 0. The molecular weight excluding hydrogens is 369 g/mol. The lowest BCUT2D eigenvalue weighted by atomic mass is 10.3. The summed E-state index contributed by atoms with van der Waals surface area (Å²) in [6.45, 7) is 0. The van der Waals surface area contributed by atoms with Gasteiger partial charge in [0.25, 0.3) is 0 Å². The van der Waals surface area contributed by atoms with Crippen molar-refractivity contribution in [3.05, 3.63) is 30.9 Å². The molecule has 0 amide bonds. The van der Waals surface area contributed by atoms with E-state index >= 15 is 0 Å². The van der Waals surface area contributed by atoms with Crippen molar-refractivity contribution < 1.29 is 13.2 Å². The van der Waals surface area contributed by atoms with Crippen LogP contribution in [-0.2, 0) is 0 Å². The highest BCUT2D eigenvalue weighted by molar-refractivity contribution is 9.11. The zero-order valence-corrected chi connectivity index (χ0v) is 10.0. The third-order valence-electron chi connectivity index (χ3n) is 1.16. The summed E-state index contributed by atoms with van der Waals surface area (Å²) in [5.41, 5.74) is 0. The Kier molecular flexibility index (Phi) is 3.22. The first-order valence-electron chi connectivity index (χ1n) is 2.63. The van der Waals surface area contributed by atoms with E-state index in [2.05, 4.69) is 47.8 Å². The van der Waals surface area contributed by atoms with Gasteiger partial charge in [0.1, 0.15) is 0 Å². The molecule has 0 saturated heterocycles. The van der Waals surface area contributed by atoms with E-state index in [-0.39, 0.29) is 0 Å². The van der Waals surface area contributed by atoms with Crippen LogP contribution in [0, 0.1) is 17.5 Å². The van der Waals surface area contributed by atoms with Gasteiger partial charge < -0.3 is 0 Å². The van der Waals surface area contributed by atoms with Gasteiger partial charge in [-0.1, -0.05) is 0 Å². The monoisotopic (exact) mass is 366 g/mol. The molecule has 1 aromatic rings. The second kappa shape index (κ2) is 3.67. The van der Waals surface area contributed by atoms with E-state index in [1.54, 1.807) is 0 Å². The fraction of sp³-hybridized carbons (Fsp3) is 0. The van der Waals surface area contributed by atoms with Crippen LogP contribution in [-0.4, -0.2) is 0 Å². The molecule has 0 aliphatic heterocycles. The van der Waals surface area contributed by atoms with Crippen LogP contribution in [0.2, 0.25) is 0 Å². The molecule has 1 rings (SSSR count). The van der Waals surface area contributed by atoms with Crippen molar-refractivity contribution in [2.75, 3.05) is 0 Å². The zero-order valence-electron chi connectivity index (χ0n) is 5.27. The molecule has 6 heteroatoms. The van der Waals surface area contributed by atoms with Crippen LogP contribution in [0.3, 0.4) is 0 Å². The maximum absolute atomic E-state index is 12.8. The molecule has 0 fully saturated rings. The van der Waals surface area contributed by atoms with Crippen molar-refractivity contribution in [1.82, 2.24) is 0 Å². The van der Waals surface area contributed by atoms with Gasteiger partial charge in [0.05, 0.1) is 13.4 Å². The molecule has 0 aromatic heterocycles. The Morgan fingerprint density at radius 3 is 0.917 bits per heavy atom. The fourth-order valence-corrected chi connectivity index (χ4v) is 2.57. The van der Waals surface area contributed by atoms with Gasteiger partial charge in [-0.2, -0.15) is 0 Å². The highest BCUT2D eigenvalue weighted by atomic mass is 79.9. The van der Waals surface area contributed by atoms with Crippen LogP contribution in [0.1, 0.15) is 0 Å². The molecule has 0 N–H and O–H groups in total. The lowest BCUT2D eigenvalue weighted by Gasteiger charge is -2.03. The van der Waals surface area contributed by atoms with Gasteiger partial charge in [-0.15, -0.1) is 0 Å². The molecule has 1 aromatic carbocycles. The Morgan fingerprint density at radius 2 is 0.750 bits per heavy atom. The number of hydrogen-bond acceptors (Lipinski definition) is 0. The van der Waals surface area contributed by atoms with Crippen LogP contribution in [0.4, 0.5) is 13.2 Å².